The minimum absolute atomic E-state index is 0.0787. The Labute approximate surface area is 208 Å². The number of carbonyl (C=O) groups is 1. The third-order valence-corrected chi connectivity index (χ3v) is 7.73. The van der Waals surface area contributed by atoms with E-state index in [1.165, 1.54) is 10.4 Å². The molecule has 4 nitrogen and oxygen atoms in total. The van der Waals surface area contributed by atoms with Crippen molar-refractivity contribution in [3.05, 3.63) is 106 Å². The van der Waals surface area contributed by atoms with Gasteiger partial charge in [-0.1, -0.05) is 66.7 Å². The molecule has 5 aromatic rings. The van der Waals surface area contributed by atoms with Crippen molar-refractivity contribution in [1.29, 1.82) is 0 Å². The second-order valence-corrected chi connectivity index (χ2v) is 9.88. The molecule has 0 fully saturated rings. The highest BCUT2D eigenvalue weighted by Gasteiger charge is 2.25. The van der Waals surface area contributed by atoms with Gasteiger partial charge in [-0.3, -0.25) is 4.79 Å². The molecule has 0 spiro atoms. The number of rotatable bonds is 5. The molecular formula is C30H25N3OS. The summed E-state index contributed by atoms with van der Waals surface area (Å²) >= 11 is 1.66. The van der Waals surface area contributed by atoms with Crippen LogP contribution < -0.4 is 5.32 Å². The number of fused-ring (bicyclic) bond motifs is 2. The number of H-pyrrole nitrogens is 1. The molecule has 2 heterocycles. The summed E-state index contributed by atoms with van der Waals surface area (Å²) in [6.07, 6.45) is 6.15. The fourth-order valence-electron chi connectivity index (χ4n) is 4.85. The van der Waals surface area contributed by atoms with E-state index in [-0.39, 0.29) is 5.91 Å². The van der Waals surface area contributed by atoms with Gasteiger partial charge in [0.2, 0.25) is 0 Å². The summed E-state index contributed by atoms with van der Waals surface area (Å²) in [5.41, 5.74) is 6.94. The number of benzene rings is 3. The second kappa shape index (κ2) is 9.35. The number of aromatic amines is 1. The first kappa shape index (κ1) is 21.6. The topological polar surface area (TPSA) is 57.2 Å². The van der Waals surface area contributed by atoms with Crippen molar-refractivity contribution in [2.24, 2.45) is 4.99 Å². The van der Waals surface area contributed by atoms with Crippen LogP contribution in [0.3, 0.4) is 0 Å². The lowest BCUT2D eigenvalue weighted by Gasteiger charge is -2.12. The normalized spacial score (nSPS) is 13.3. The smallest absolute Gasteiger partial charge is 0.259 e. The van der Waals surface area contributed by atoms with Crippen LogP contribution in [0, 0.1) is 0 Å². The molecule has 6 rings (SSSR count). The number of hydrogen-bond acceptors (Lipinski definition) is 3. The number of carbonyl (C=O) groups excluding carboxylic acids is 1. The summed E-state index contributed by atoms with van der Waals surface area (Å²) in [5, 5.41) is 4.99. The Bertz CT molecular complexity index is 1530. The van der Waals surface area contributed by atoms with E-state index in [2.05, 4.69) is 34.6 Å². The molecule has 35 heavy (non-hydrogen) atoms. The summed E-state index contributed by atoms with van der Waals surface area (Å²) < 4.78 is 0. The van der Waals surface area contributed by atoms with Crippen LogP contribution in [-0.2, 0) is 12.8 Å². The lowest BCUT2D eigenvalue weighted by Crippen LogP contribution is -2.14. The van der Waals surface area contributed by atoms with Crippen molar-refractivity contribution < 1.29 is 4.79 Å². The number of aliphatic imine (C=N–C) groups is 1. The number of aromatic nitrogens is 1. The lowest BCUT2D eigenvalue weighted by atomic mass is 9.95. The van der Waals surface area contributed by atoms with Gasteiger partial charge in [0.1, 0.15) is 5.00 Å². The fraction of sp³-hybridized carbons (Fsp3) is 0.133. The molecule has 2 N–H and O–H groups in total. The number of nitrogens with zero attached hydrogens (tertiary/aromatic N) is 1. The molecule has 0 bridgehead atoms. The Hall–Kier alpha value is -3.96. The molecule has 1 aliphatic rings. The van der Waals surface area contributed by atoms with Crippen LogP contribution in [0.4, 0.5) is 10.7 Å². The molecule has 0 aliphatic heterocycles. The fourth-order valence-corrected chi connectivity index (χ4v) is 6.08. The molecule has 0 saturated heterocycles. The molecule has 3 aromatic carbocycles. The summed E-state index contributed by atoms with van der Waals surface area (Å²) in [4.78, 5) is 23.3. The first-order chi connectivity index (χ1) is 17.3. The van der Waals surface area contributed by atoms with Gasteiger partial charge >= 0.3 is 0 Å². The second-order valence-electron chi connectivity index (χ2n) is 8.79. The van der Waals surface area contributed by atoms with Gasteiger partial charge in [0.25, 0.3) is 5.91 Å². The third-order valence-electron chi connectivity index (χ3n) is 6.53. The van der Waals surface area contributed by atoms with Crippen LogP contribution in [0.25, 0.3) is 22.2 Å². The number of hydrogen-bond donors (Lipinski definition) is 2. The standard InChI is InChI=1S/C30H25N3OS/c34-29(32-21-13-5-2-6-14-21)27-23-16-8-10-18-26(23)35-30(27)31-19-24-22-15-7-9-17-25(22)33-28(24)20-11-3-1-4-12-20/h1-7,9,11-15,17,19,33H,8,10,16,18H2,(H,32,34)/b31-19-. The van der Waals surface area contributed by atoms with Crippen molar-refractivity contribution in [3.8, 4) is 11.3 Å². The predicted octanol–water partition coefficient (Wildman–Crippen LogP) is 7.78. The van der Waals surface area contributed by atoms with Crippen LogP contribution in [0.15, 0.2) is 89.9 Å². The Morgan fingerprint density at radius 1 is 0.886 bits per heavy atom. The van der Waals surface area contributed by atoms with Crippen molar-refractivity contribution in [3.63, 3.8) is 0 Å². The highest BCUT2D eigenvalue weighted by atomic mass is 32.1. The SMILES string of the molecule is O=C(Nc1ccccc1)c1c(/N=C\c2c(-c3ccccc3)[nH]c3ccccc23)sc2c1CCCC2. The molecule has 0 unspecified atom stereocenters. The summed E-state index contributed by atoms with van der Waals surface area (Å²) in [5.74, 6) is -0.0787. The van der Waals surface area contributed by atoms with Crippen LogP contribution >= 0.6 is 11.3 Å². The zero-order chi connectivity index (χ0) is 23.6. The largest absolute Gasteiger partial charge is 0.354 e. The average molecular weight is 476 g/mol. The molecule has 172 valence electrons. The van der Waals surface area contributed by atoms with E-state index < -0.39 is 0 Å². The maximum Gasteiger partial charge on any atom is 0.259 e. The molecule has 0 saturated carbocycles. The molecule has 1 aliphatic carbocycles. The van der Waals surface area contributed by atoms with Gasteiger partial charge in [0.15, 0.2) is 0 Å². The number of aryl methyl sites for hydroxylation is 1. The van der Waals surface area contributed by atoms with E-state index >= 15 is 0 Å². The molecule has 5 heteroatoms. The highest BCUT2D eigenvalue weighted by molar-refractivity contribution is 7.16. The van der Waals surface area contributed by atoms with E-state index in [1.54, 1.807) is 11.3 Å². The Morgan fingerprint density at radius 2 is 1.60 bits per heavy atom. The predicted molar refractivity (Wildman–Crippen MR) is 146 cm³/mol. The van der Waals surface area contributed by atoms with Crippen molar-refractivity contribution >= 4 is 45.0 Å². The van der Waals surface area contributed by atoms with Crippen molar-refractivity contribution in [2.45, 2.75) is 25.7 Å². The van der Waals surface area contributed by atoms with E-state index in [0.29, 0.717) is 0 Å². The van der Waals surface area contributed by atoms with Crippen molar-refractivity contribution in [1.82, 2.24) is 4.98 Å². The number of nitrogens with one attached hydrogen (secondary N) is 2. The zero-order valence-corrected chi connectivity index (χ0v) is 20.1. The van der Waals surface area contributed by atoms with Gasteiger partial charge < -0.3 is 10.3 Å². The molecule has 2 aromatic heterocycles. The minimum atomic E-state index is -0.0787. The van der Waals surface area contributed by atoms with Gasteiger partial charge in [-0.2, -0.15) is 0 Å². The third kappa shape index (κ3) is 4.19. The molecule has 1 amide bonds. The summed E-state index contributed by atoms with van der Waals surface area (Å²) in [6, 6.07) is 28.2. The van der Waals surface area contributed by atoms with Gasteiger partial charge in [-0.05, 0) is 55.0 Å². The Balaban J connectivity index is 1.44. The lowest BCUT2D eigenvalue weighted by molar-refractivity contribution is 0.102. The average Bonchev–Trinajstić information content (AvgIpc) is 3.47. The minimum Gasteiger partial charge on any atom is -0.354 e. The van der Waals surface area contributed by atoms with E-state index in [0.717, 1.165) is 69.7 Å². The van der Waals surface area contributed by atoms with Gasteiger partial charge in [0.05, 0.1) is 11.3 Å². The maximum absolute atomic E-state index is 13.4. The summed E-state index contributed by atoms with van der Waals surface area (Å²) in [6.45, 7) is 0. The molecule has 0 radical (unpaired) electrons. The highest BCUT2D eigenvalue weighted by Crippen LogP contribution is 2.40. The maximum atomic E-state index is 13.4. The number of thiophene rings is 1. The van der Waals surface area contributed by atoms with E-state index in [9.17, 15) is 4.79 Å². The zero-order valence-electron chi connectivity index (χ0n) is 19.3. The van der Waals surface area contributed by atoms with Gasteiger partial charge in [-0.15, -0.1) is 11.3 Å². The van der Waals surface area contributed by atoms with E-state index in [1.807, 2.05) is 66.9 Å². The van der Waals surface area contributed by atoms with Crippen LogP contribution in [0.1, 0.15) is 39.2 Å². The van der Waals surface area contributed by atoms with Gasteiger partial charge in [-0.25, -0.2) is 4.99 Å². The van der Waals surface area contributed by atoms with Gasteiger partial charge in [0, 0.05) is 33.2 Å². The number of amides is 1. The molecule has 0 atom stereocenters. The molecular weight excluding hydrogens is 450 g/mol. The van der Waals surface area contributed by atoms with Crippen LogP contribution in [0.2, 0.25) is 0 Å². The Kier molecular flexibility index (Phi) is 5.76. The quantitative estimate of drug-likeness (QED) is 0.251. The number of anilines is 1. The first-order valence-electron chi connectivity index (χ1n) is 12.0. The first-order valence-corrected chi connectivity index (χ1v) is 12.8. The monoisotopic (exact) mass is 475 g/mol. The summed E-state index contributed by atoms with van der Waals surface area (Å²) in [7, 11) is 0. The van der Waals surface area contributed by atoms with Crippen molar-refractivity contribution in [2.75, 3.05) is 5.32 Å². The number of para-hydroxylation sites is 2. The Morgan fingerprint density at radius 3 is 2.43 bits per heavy atom. The van der Waals surface area contributed by atoms with Crippen LogP contribution in [-0.4, -0.2) is 17.1 Å². The van der Waals surface area contributed by atoms with Crippen LogP contribution in [0.5, 0.6) is 0 Å². The van der Waals surface area contributed by atoms with E-state index in [4.69, 9.17) is 4.99 Å².